The molecule has 0 aromatic carbocycles. The van der Waals surface area contributed by atoms with Gasteiger partial charge in [-0.1, -0.05) is 0 Å². The number of nitrogens with zero attached hydrogens (tertiary/aromatic N) is 2. The summed E-state index contributed by atoms with van der Waals surface area (Å²) in [7, 11) is 0. The van der Waals surface area contributed by atoms with Crippen LogP contribution in [0, 0.1) is 0 Å². The van der Waals surface area contributed by atoms with Gasteiger partial charge in [-0.15, -0.1) is 0 Å². The Hall–Kier alpha value is -1.54. The second kappa shape index (κ2) is 6.27. The predicted molar refractivity (Wildman–Crippen MR) is 65.3 cm³/mol. The fourth-order valence-corrected chi connectivity index (χ4v) is 1.98. The molecule has 5 atom stereocenters. The SMILES string of the molecule is [N-]=[N+]=C1C=CC(OC2O[C@H](CO)[C@H](O)[C@H](O)[C@H]2O)=CC1. The summed E-state index contributed by atoms with van der Waals surface area (Å²) in [5.74, 6) is 0.363. The van der Waals surface area contributed by atoms with Crippen molar-refractivity contribution >= 4 is 5.71 Å². The van der Waals surface area contributed by atoms with Crippen molar-refractivity contribution in [1.82, 2.24) is 0 Å². The molecule has 0 saturated carbocycles. The van der Waals surface area contributed by atoms with Gasteiger partial charge in [-0.25, -0.2) is 0 Å². The molecule has 1 saturated heterocycles. The van der Waals surface area contributed by atoms with Crippen molar-refractivity contribution in [2.24, 2.45) is 0 Å². The van der Waals surface area contributed by atoms with Gasteiger partial charge in [-0.3, -0.25) is 0 Å². The lowest BCUT2D eigenvalue weighted by Gasteiger charge is -2.39. The quantitative estimate of drug-likeness (QED) is 0.361. The molecule has 2 rings (SSSR count). The summed E-state index contributed by atoms with van der Waals surface area (Å²) < 4.78 is 10.6. The number of allylic oxidation sites excluding steroid dienone is 3. The van der Waals surface area contributed by atoms with Crippen molar-refractivity contribution in [3.05, 3.63) is 29.5 Å². The molecule has 0 aromatic rings. The second-order valence-electron chi connectivity index (χ2n) is 4.55. The van der Waals surface area contributed by atoms with Crippen LogP contribution in [0.3, 0.4) is 0 Å². The molecular formula is C12H16N2O6. The first kappa shape index (κ1) is 14.9. The van der Waals surface area contributed by atoms with Crippen LogP contribution in [0.15, 0.2) is 24.0 Å². The maximum atomic E-state index is 9.79. The Morgan fingerprint density at radius 3 is 2.55 bits per heavy atom. The Labute approximate surface area is 114 Å². The average Bonchev–Trinajstić information content (AvgIpc) is 2.48. The molecular weight excluding hydrogens is 268 g/mol. The molecule has 1 fully saturated rings. The Morgan fingerprint density at radius 1 is 1.25 bits per heavy atom. The van der Waals surface area contributed by atoms with Gasteiger partial charge >= 0.3 is 0 Å². The summed E-state index contributed by atoms with van der Waals surface area (Å²) in [6.45, 7) is -0.513. The van der Waals surface area contributed by atoms with Crippen molar-refractivity contribution < 1.29 is 34.7 Å². The van der Waals surface area contributed by atoms with Gasteiger partial charge in [-0.05, 0) is 12.2 Å². The van der Waals surface area contributed by atoms with E-state index in [1.165, 1.54) is 12.2 Å². The van der Waals surface area contributed by atoms with E-state index in [0.29, 0.717) is 17.9 Å². The third-order valence-electron chi connectivity index (χ3n) is 3.18. The monoisotopic (exact) mass is 284 g/mol. The molecule has 1 unspecified atom stereocenters. The minimum Gasteiger partial charge on any atom is -0.462 e. The van der Waals surface area contributed by atoms with E-state index in [-0.39, 0.29) is 0 Å². The minimum atomic E-state index is -1.48. The van der Waals surface area contributed by atoms with Gasteiger partial charge in [0, 0.05) is 6.08 Å². The molecule has 0 spiro atoms. The first-order valence-electron chi connectivity index (χ1n) is 6.13. The van der Waals surface area contributed by atoms with E-state index in [0.717, 1.165) is 0 Å². The number of ether oxygens (including phenoxy) is 2. The van der Waals surface area contributed by atoms with Gasteiger partial charge in [0.05, 0.1) is 13.0 Å². The summed E-state index contributed by atoms with van der Waals surface area (Å²) >= 11 is 0. The van der Waals surface area contributed by atoms with Crippen LogP contribution in [0.4, 0.5) is 0 Å². The van der Waals surface area contributed by atoms with Crippen molar-refractivity contribution in [1.29, 1.82) is 0 Å². The smallest absolute Gasteiger partial charge is 0.296 e. The van der Waals surface area contributed by atoms with E-state index in [9.17, 15) is 15.3 Å². The van der Waals surface area contributed by atoms with Crippen LogP contribution in [0.5, 0.6) is 0 Å². The Morgan fingerprint density at radius 2 is 2.00 bits per heavy atom. The Balaban J connectivity index is 2.04. The van der Waals surface area contributed by atoms with Crippen LogP contribution >= 0.6 is 0 Å². The molecule has 8 nitrogen and oxygen atoms in total. The van der Waals surface area contributed by atoms with Crippen LogP contribution in [0.2, 0.25) is 0 Å². The van der Waals surface area contributed by atoms with Gasteiger partial charge in [-0.2, -0.15) is 4.79 Å². The zero-order chi connectivity index (χ0) is 14.7. The number of hydrogen-bond donors (Lipinski definition) is 4. The highest BCUT2D eigenvalue weighted by Gasteiger charge is 2.44. The van der Waals surface area contributed by atoms with E-state index in [1.807, 2.05) is 0 Å². The molecule has 4 N–H and O–H groups in total. The second-order valence-corrected chi connectivity index (χ2v) is 4.55. The number of hydrogen-bond acceptors (Lipinski definition) is 6. The zero-order valence-electron chi connectivity index (χ0n) is 10.5. The van der Waals surface area contributed by atoms with E-state index in [2.05, 4.69) is 4.79 Å². The molecule has 0 radical (unpaired) electrons. The standard InChI is InChI=1S/C12H16N2O6/c13-14-6-1-3-7(4-2-6)19-12-11(18)10(17)9(16)8(5-15)20-12/h1,3-4,8-12,15-18H,2,5H2/t8-,9+,10+,11-,12?/m1/s1. The van der Waals surface area contributed by atoms with Crippen LogP contribution in [0.25, 0.3) is 5.53 Å². The lowest BCUT2D eigenvalue weighted by Crippen LogP contribution is -2.59. The topological polar surface area (TPSA) is 136 Å². The average molecular weight is 284 g/mol. The van der Waals surface area contributed by atoms with Crippen molar-refractivity contribution in [2.45, 2.75) is 37.1 Å². The van der Waals surface area contributed by atoms with E-state index in [1.54, 1.807) is 6.08 Å². The highest BCUT2D eigenvalue weighted by atomic mass is 16.7. The lowest BCUT2D eigenvalue weighted by molar-refractivity contribution is -0.290. The van der Waals surface area contributed by atoms with Crippen LogP contribution in [-0.2, 0) is 9.47 Å². The minimum absolute atomic E-state index is 0.347. The van der Waals surface area contributed by atoms with Crippen LogP contribution < -0.4 is 0 Å². The first-order valence-corrected chi connectivity index (χ1v) is 6.13. The molecule has 2 aliphatic rings. The molecule has 0 bridgehead atoms. The predicted octanol–water partition coefficient (Wildman–Crippen LogP) is -1.68. The molecule has 0 aromatic heterocycles. The lowest BCUT2D eigenvalue weighted by atomic mass is 9.99. The first-order chi connectivity index (χ1) is 9.56. The molecule has 8 heteroatoms. The zero-order valence-corrected chi connectivity index (χ0v) is 10.5. The van der Waals surface area contributed by atoms with Crippen LogP contribution in [-0.4, -0.2) is 68.2 Å². The molecule has 1 aliphatic heterocycles. The summed E-state index contributed by atoms with van der Waals surface area (Å²) in [6, 6.07) is 0. The van der Waals surface area contributed by atoms with Crippen LogP contribution in [0.1, 0.15) is 6.42 Å². The van der Waals surface area contributed by atoms with Gasteiger partial charge in [0.2, 0.25) is 6.29 Å². The molecule has 0 amide bonds. The van der Waals surface area contributed by atoms with E-state index in [4.69, 9.17) is 20.1 Å². The molecule has 110 valence electrons. The fourth-order valence-electron chi connectivity index (χ4n) is 1.98. The molecule has 1 heterocycles. The van der Waals surface area contributed by atoms with Gasteiger partial charge in [0.15, 0.2) is 0 Å². The van der Waals surface area contributed by atoms with Gasteiger partial charge < -0.3 is 35.4 Å². The van der Waals surface area contributed by atoms with E-state index >= 15 is 0 Å². The number of rotatable bonds is 3. The maximum Gasteiger partial charge on any atom is 0.296 e. The van der Waals surface area contributed by atoms with Crippen molar-refractivity contribution in [3.8, 4) is 0 Å². The number of aliphatic hydroxyl groups excluding tert-OH is 4. The largest absolute Gasteiger partial charge is 0.462 e. The van der Waals surface area contributed by atoms with E-state index < -0.39 is 37.3 Å². The maximum absolute atomic E-state index is 9.79. The Bertz CT molecular complexity index is 469. The summed E-state index contributed by atoms with van der Waals surface area (Å²) in [6.07, 6.45) is -1.58. The third-order valence-corrected chi connectivity index (χ3v) is 3.18. The molecule has 20 heavy (non-hydrogen) atoms. The third kappa shape index (κ3) is 2.96. The van der Waals surface area contributed by atoms with Gasteiger partial charge in [0.25, 0.3) is 5.71 Å². The fraction of sp³-hybridized carbons (Fsp3) is 0.583. The van der Waals surface area contributed by atoms with Crippen molar-refractivity contribution in [3.63, 3.8) is 0 Å². The van der Waals surface area contributed by atoms with Gasteiger partial charge in [0.1, 0.15) is 30.2 Å². The summed E-state index contributed by atoms with van der Waals surface area (Å²) in [5, 5.41) is 38.1. The highest BCUT2D eigenvalue weighted by molar-refractivity contribution is 5.92. The number of aliphatic hydroxyl groups is 4. The highest BCUT2D eigenvalue weighted by Crippen LogP contribution is 2.24. The normalized spacial score (nSPS) is 37.3. The summed E-state index contributed by atoms with van der Waals surface area (Å²) in [5.41, 5.74) is 9.03. The Kier molecular flexibility index (Phi) is 4.66. The molecule has 1 aliphatic carbocycles. The summed E-state index contributed by atoms with van der Waals surface area (Å²) in [4.78, 5) is 3.03. The van der Waals surface area contributed by atoms with Crippen molar-refractivity contribution in [2.75, 3.05) is 6.61 Å².